The van der Waals surface area contributed by atoms with Crippen molar-refractivity contribution in [2.45, 2.75) is 0 Å². The highest BCUT2D eigenvalue weighted by molar-refractivity contribution is 5.84. The molecule has 1 heterocycles. The third-order valence-electron chi connectivity index (χ3n) is 1.19. The minimum Gasteiger partial charge on any atom is -0.369 e. The van der Waals surface area contributed by atoms with Gasteiger partial charge in [-0.1, -0.05) is 0 Å². The van der Waals surface area contributed by atoms with Crippen LogP contribution in [0.3, 0.4) is 0 Å². The van der Waals surface area contributed by atoms with Gasteiger partial charge in [0, 0.05) is 19.4 Å². The van der Waals surface area contributed by atoms with E-state index in [9.17, 15) is 0 Å². The van der Waals surface area contributed by atoms with Gasteiger partial charge in [0.15, 0.2) is 0 Å². The molecule has 1 aromatic heterocycles. The highest BCUT2D eigenvalue weighted by Gasteiger charge is 1.98. The Morgan fingerprint density at radius 2 is 2.50 bits per heavy atom. The standard InChI is InChI=1S/C5H9N5/c1-9(5(6)7)10-3-2-8-4-10/h2-4H,1H3,(H3,6,7). The van der Waals surface area contributed by atoms with E-state index < -0.39 is 0 Å². The van der Waals surface area contributed by atoms with Gasteiger partial charge in [-0.2, -0.15) is 0 Å². The molecule has 0 amide bonds. The molecular weight excluding hydrogens is 130 g/mol. The Hall–Kier alpha value is -1.52. The molecule has 0 atom stereocenters. The van der Waals surface area contributed by atoms with Gasteiger partial charge in [-0.3, -0.25) is 10.4 Å². The molecule has 0 spiro atoms. The first kappa shape index (κ1) is 6.60. The molecule has 0 saturated carbocycles. The van der Waals surface area contributed by atoms with Crippen molar-refractivity contribution in [2.75, 3.05) is 12.1 Å². The second kappa shape index (κ2) is 2.38. The van der Waals surface area contributed by atoms with E-state index in [1.165, 1.54) is 5.01 Å². The molecule has 5 nitrogen and oxygen atoms in total. The predicted octanol–water partition coefficient (Wildman–Crippen LogP) is -0.656. The molecule has 0 bridgehead atoms. The zero-order chi connectivity index (χ0) is 7.56. The summed E-state index contributed by atoms with van der Waals surface area (Å²) in [6, 6.07) is 0. The largest absolute Gasteiger partial charge is 0.369 e. The van der Waals surface area contributed by atoms with Crippen LogP contribution >= 0.6 is 0 Å². The minimum atomic E-state index is -0.0157. The molecule has 0 fully saturated rings. The molecule has 54 valence electrons. The molecule has 3 N–H and O–H groups in total. The van der Waals surface area contributed by atoms with Crippen LogP contribution in [-0.4, -0.2) is 22.7 Å². The van der Waals surface area contributed by atoms with Crippen molar-refractivity contribution in [1.82, 2.24) is 9.66 Å². The van der Waals surface area contributed by atoms with E-state index >= 15 is 0 Å². The average Bonchev–Trinajstić information content (AvgIpc) is 2.36. The number of nitrogens with one attached hydrogen (secondary N) is 1. The number of imidazole rings is 1. The number of aromatic nitrogens is 2. The van der Waals surface area contributed by atoms with Crippen LogP contribution in [0.5, 0.6) is 0 Å². The Kier molecular flexibility index (Phi) is 1.57. The van der Waals surface area contributed by atoms with Crippen molar-refractivity contribution in [3.05, 3.63) is 18.7 Å². The van der Waals surface area contributed by atoms with E-state index in [1.807, 2.05) is 0 Å². The Labute approximate surface area is 58.6 Å². The van der Waals surface area contributed by atoms with Crippen LogP contribution in [0.1, 0.15) is 0 Å². The number of guanidine groups is 1. The second-order valence-electron chi connectivity index (χ2n) is 1.85. The summed E-state index contributed by atoms with van der Waals surface area (Å²) in [6.07, 6.45) is 4.90. The Bertz CT molecular complexity index is 214. The summed E-state index contributed by atoms with van der Waals surface area (Å²) in [6.45, 7) is 0. The van der Waals surface area contributed by atoms with Gasteiger partial charge in [0.05, 0.1) is 0 Å². The zero-order valence-electron chi connectivity index (χ0n) is 5.65. The first-order valence-electron chi connectivity index (χ1n) is 2.78. The van der Waals surface area contributed by atoms with Crippen LogP contribution in [-0.2, 0) is 0 Å². The Morgan fingerprint density at radius 3 is 2.90 bits per heavy atom. The van der Waals surface area contributed by atoms with Crippen molar-refractivity contribution in [1.29, 1.82) is 5.41 Å². The van der Waals surface area contributed by atoms with Gasteiger partial charge in [-0.25, -0.2) is 9.66 Å². The maximum atomic E-state index is 7.03. The van der Waals surface area contributed by atoms with Crippen LogP contribution in [0.4, 0.5) is 0 Å². The zero-order valence-corrected chi connectivity index (χ0v) is 5.65. The minimum absolute atomic E-state index is 0.0157. The van der Waals surface area contributed by atoms with E-state index in [4.69, 9.17) is 11.1 Å². The number of hydrogen-bond acceptors (Lipinski definition) is 2. The van der Waals surface area contributed by atoms with E-state index in [2.05, 4.69) is 4.98 Å². The van der Waals surface area contributed by atoms with Crippen LogP contribution in [0.2, 0.25) is 0 Å². The van der Waals surface area contributed by atoms with E-state index in [0.717, 1.165) is 0 Å². The van der Waals surface area contributed by atoms with Crippen molar-refractivity contribution in [3.63, 3.8) is 0 Å². The molecular formula is C5H9N5. The number of nitrogens with zero attached hydrogens (tertiary/aromatic N) is 3. The molecule has 0 radical (unpaired) electrons. The topological polar surface area (TPSA) is 70.9 Å². The van der Waals surface area contributed by atoms with Gasteiger partial charge in [-0.15, -0.1) is 0 Å². The number of hydrogen-bond donors (Lipinski definition) is 2. The molecule has 1 aromatic rings. The number of nitrogens with two attached hydrogens (primary N) is 1. The van der Waals surface area contributed by atoms with Crippen molar-refractivity contribution in [3.8, 4) is 0 Å². The van der Waals surface area contributed by atoms with Crippen molar-refractivity contribution >= 4 is 5.96 Å². The summed E-state index contributed by atoms with van der Waals surface area (Å²) < 4.78 is 1.61. The van der Waals surface area contributed by atoms with Crippen LogP contribution in [0.25, 0.3) is 0 Å². The predicted molar refractivity (Wildman–Crippen MR) is 38.3 cm³/mol. The molecule has 0 aliphatic carbocycles. The van der Waals surface area contributed by atoms with Gasteiger partial charge in [0.25, 0.3) is 0 Å². The Balaban J connectivity index is 2.77. The first-order chi connectivity index (χ1) is 4.72. The molecule has 0 aromatic carbocycles. The lowest BCUT2D eigenvalue weighted by Gasteiger charge is -2.16. The highest BCUT2D eigenvalue weighted by atomic mass is 15.6. The monoisotopic (exact) mass is 139 g/mol. The molecule has 0 aliphatic rings. The quantitative estimate of drug-likeness (QED) is 0.401. The van der Waals surface area contributed by atoms with Gasteiger partial charge in [0.1, 0.15) is 6.33 Å². The van der Waals surface area contributed by atoms with Gasteiger partial charge in [0.2, 0.25) is 5.96 Å². The maximum absolute atomic E-state index is 7.03. The summed E-state index contributed by atoms with van der Waals surface area (Å²) in [5.41, 5.74) is 5.19. The third kappa shape index (κ3) is 1.07. The number of rotatable bonds is 1. The van der Waals surface area contributed by atoms with E-state index in [-0.39, 0.29) is 5.96 Å². The maximum Gasteiger partial charge on any atom is 0.207 e. The Morgan fingerprint density at radius 1 is 1.80 bits per heavy atom. The summed E-state index contributed by atoms with van der Waals surface area (Å²) in [5.74, 6) is -0.0157. The average molecular weight is 139 g/mol. The van der Waals surface area contributed by atoms with Crippen molar-refractivity contribution in [2.24, 2.45) is 5.73 Å². The molecule has 10 heavy (non-hydrogen) atoms. The smallest absolute Gasteiger partial charge is 0.207 e. The molecule has 5 heteroatoms. The highest BCUT2D eigenvalue weighted by Crippen LogP contribution is 1.84. The third-order valence-corrected chi connectivity index (χ3v) is 1.19. The molecule has 1 rings (SSSR count). The molecule has 0 aliphatic heterocycles. The summed E-state index contributed by atoms with van der Waals surface area (Å²) in [7, 11) is 1.68. The van der Waals surface area contributed by atoms with Crippen LogP contribution < -0.4 is 10.7 Å². The lowest BCUT2D eigenvalue weighted by Crippen LogP contribution is -2.40. The van der Waals surface area contributed by atoms with Gasteiger partial charge < -0.3 is 5.73 Å². The second-order valence-corrected chi connectivity index (χ2v) is 1.85. The van der Waals surface area contributed by atoms with Gasteiger partial charge in [-0.05, 0) is 0 Å². The fraction of sp³-hybridized carbons (Fsp3) is 0.200. The fourth-order valence-corrected chi connectivity index (χ4v) is 0.554. The normalized spacial score (nSPS) is 9.30. The SMILES string of the molecule is CN(C(=N)N)n1ccnc1. The van der Waals surface area contributed by atoms with Crippen LogP contribution in [0.15, 0.2) is 18.7 Å². The van der Waals surface area contributed by atoms with E-state index in [1.54, 1.807) is 30.4 Å². The van der Waals surface area contributed by atoms with Crippen LogP contribution in [0, 0.1) is 5.41 Å². The first-order valence-corrected chi connectivity index (χ1v) is 2.78. The van der Waals surface area contributed by atoms with Gasteiger partial charge >= 0.3 is 0 Å². The fourth-order valence-electron chi connectivity index (χ4n) is 0.554. The van der Waals surface area contributed by atoms with E-state index in [0.29, 0.717) is 0 Å². The molecule has 0 saturated heterocycles. The van der Waals surface area contributed by atoms with Crippen molar-refractivity contribution < 1.29 is 0 Å². The molecule has 0 unspecified atom stereocenters. The lowest BCUT2D eigenvalue weighted by atomic mass is 10.9. The summed E-state index contributed by atoms with van der Waals surface area (Å²) in [4.78, 5) is 3.79. The summed E-state index contributed by atoms with van der Waals surface area (Å²) >= 11 is 0. The lowest BCUT2D eigenvalue weighted by molar-refractivity contribution is 0.786. The summed E-state index contributed by atoms with van der Waals surface area (Å²) in [5, 5.41) is 8.50.